The second-order valence-corrected chi connectivity index (χ2v) is 25.4. The van der Waals surface area contributed by atoms with Crippen molar-refractivity contribution in [2.24, 2.45) is 0 Å². The number of hydrogen-bond acceptors (Lipinski definition) is 5. The minimum absolute atomic E-state index is 0.0355. The Labute approximate surface area is 423 Å². The van der Waals surface area contributed by atoms with E-state index in [2.05, 4.69) is 261 Å². The summed E-state index contributed by atoms with van der Waals surface area (Å²) in [5.74, 6) is 1.48. The molecule has 0 aliphatic carbocycles. The molecule has 0 unspecified atom stereocenters. The van der Waals surface area contributed by atoms with Crippen LogP contribution in [0.3, 0.4) is 0 Å². The molecule has 11 rings (SSSR count). The highest BCUT2D eigenvalue weighted by Gasteiger charge is 2.46. The Morgan fingerprint density at radius 3 is 0.889 bits per heavy atom. The summed E-state index contributed by atoms with van der Waals surface area (Å²) in [6.45, 7) is 0.0709. The molecule has 1 heterocycles. The van der Waals surface area contributed by atoms with Crippen molar-refractivity contribution < 1.29 is 18.9 Å². The standard InChI is InChI=1S/C65H53NO4Si2/c1-67-46-69-64-60(71(50-28-9-3-10-29-50,51-30-11-4-12-31-51)52-32-13-5-14-33-52)44-48-26-21-23-40-56(48)62(64)58-42-25-43-59(66-58)63-57-41-24-22-27-49(57)45-61(65(63)70-47-68-2)72(53-34-15-6-16-35-53,54-36-17-7-18-37-54)55-38-19-8-20-39-55/h3-45H,46-47H2,1-2H3. The van der Waals surface area contributed by atoms with Crippen molar-refractivity contribution in [2.45, 2.75) is 0 Å². The Bertz CT molecular complexity index is 3170. The summed E-state index contributed by atoms with van der Waals surface area (Å²) in [6.07, 6.45) is 0. The summed E-state index contributed by atoms with van der Waals surface area (Å²) >= 11 is 0. The van der Waals surface area contributed by atoms with Gasteiger partial charge in [-0.3, -0.25) is 0 Å². The van der Waals surface area contributed by atoms with Crippen LogP contribution in [0.5, 0.6) is 11.5 Å². The minimum Gasteiger partial charge on any atom is -0.467 e. The topological polar surface area (TPSA) is 49.8 Å². The van der Waals surface area contributed by atoms with E-state index in [-0.39, 0.29) is 13.6 Å². The van der Waals surface area contributed by atoms with Crippen LogP contribution in [0.25, 0.3) is 44.1 Å². The van der Waals surface area contributed by atoms with Gasteiger partial charge in [-0.15, -0.1) is 0 Å². The lowest BCUT2D eigenvalue weighted by atomic mass is 9.98. The van der Waals surface area contributed by atoms with E-state index in [4.69, 9.17) is 23.9 Å². The van der Waals surface area contributed by atoms with E-state index in [1.807, 2.05) is 0 Å². The molecule has 0 fully saturated rings. The molecule has 1 aromatic heterocycles. The Balaban J connectivity index is 1.26. The van der Waals surface area contributed by atoms with Crippen molar-refractivity contribution in [3.8, 4) is 34.0 Å². The third kappa shape index (κ3) is 8.12. The fraction of sp³-hybridized carbons (Fsp3) is 0.0615. The normalized spacial score (nSPS) is 11.7. The first-order valence-corrected chi connectivity index (χ1v) is 28.3. The molecule has 0 aliphatic rings. The summed E-state index contributed by atoms with van der Waals surface area (Å²) in [5.41, 5.74) is 3.31. The fourth-order valence-electron chi connectivity index (χ4n) is 11.0. The van der Waals surface area contributed by atoms with Gasteiger partial charge < -0.3 is 18.9 Å². The zero-order valence-electron chi connectivity index (χ0n) is 40.3. The molecule has 10 aromatic carbocycles. The van der Waals surface area contributed by atoms with Crippen molar-refractivity contribution in [2.75, 3.05) is 27.8 Å². The zero-order chi connectivity index (χ0) is 48.7. The van der Waals surface area contributed by atoms with E-state index in [1.54, 1.807) is 14.2 Å². The Morgan fingerprint density at radius 1 is 0.319 bits per heavy atom. The molecular formula is C65H53NO4Si2. The van der Waals surface area contributed by atoms with Crippen LogP contribution < -0.4 is 51.0 Å². The lowest BCUT2D eigenvalue weighted by Crippen LogP contribution is -2.75. The SMILES string of the molecule is COCOc1c([Si](c2ccccc2)(c2ccccc2)c2ccccc2)cc2ccccc2c1-c1cccc(-c2c(OCOC)c([Si](c3ccccc3)(c3ccccc3)c3ccccc3)cc3ccccc23)n1. The smallest absolute Gasteiger partial charge is 0.188 e. The Hall–Kier alpha value is -8.18. The molecule has 7 heteroatoms. The summed E-state index contributed by atoms with van der Waals surface area (Å²) in [5, 5.41) is 13.8. The van der Waals surface area contributed by atoms with E-state index in [1.165, 1.54) is 31.1 Å². The molecule has 0 amide bonds. The molecule has 0 saturated carbocycles. The molecule has 5 nitrogen and oxygen atoms in total. The number of hydrogen-bond donors (Lipinski definition) is 0. The van der Waals surface area contributed by atoms with Gasteiger partial charge in [0.25, 0.3) is 0 Å². The number of aromatic nitrogens is 1. The molecule has 0 N–H and O–H groups in total. The van der Waals surface area contributed by atoms with Crippen molar-refractivity contribution in [1.82, 2.24) is 4.98 Å². The van der Waals surface area contributed by atoms with Crippen LogP contribution in [0.1, 0.15) is 0 Å². The molecule has 0 bridgehead atoms. The molecular weight excluding hydrogens is 915 g/mol. The molecule has 72 heavy (non-hydrogen) atoms. The van der Waals surface area contributed by atoms with Gasteiger partial charge in [0.15, 0.2) is 29.7 Å². The van der Waals surface area contributed by atoms with Crippen molar-refractivity contribution in [3.63, 3.8) is 0 Å². The average molecular weight is 968 g/mol. The van der Waals surface area contributed by atoms with Gasteiger partial charge in [-0.2, -0.15) is 0 Å². The number of methoxy groups -OCH3 is 2. The zero-order valence-corrected chi connectivity index (χ0v) is 42.3. The van der Waals surface area contributed by atoms with Crippen molar-refractivity contribution in [3.05, 3.63) is 261 Å². The van der Waals surface area contributed by atoms with Gasteiger partial charge in [0.2, 0.25) is 0 Å². The van der Waals surface area contributed by atoms with Gasteiger partial charge in [0, 0.05) is 14.2 Å². The molecule has 11 aromatic rings. The first kappa shape index (κ1) is 46.2. The number of rotatable bonds is 16. The van der Waals surface area contributed by atoms with Gasteiger partial charge in [-0.1, -0.05) is 249 Å². The summed E-state index contributed by atoms with van der Waals surface area (Å²) in [6, 6.07) is 94.0. The second kappa shape index (κ2) is 20.7. The third-order valence-corrected chi connectivity index (χ3v) is 23.5. The van der Waals surface area contributed by atoms with Crippen LogP contribution in [0.15, 0.2) is 261 Å². The lowest BCUT2D eigenvalue weighted by Gasteiger charge is -2.36. The van der Waals surface area contributed by atoms with E-state index >= 15 is 0 Å². The van der Waals surface area contributed by atoms with Crippen LogP contribution in [0.2, 0.25) is 0 Å². The quantitative estimate of drug-likeness (QED) is 0.0549. The highest BCUT2D eigenvalue weighted by atomic mass is 28.3. The van der Waals surface area contributed by atoms with Crippen LogP contribution in [-0.2, 0) is 9.47 Å². The first-order chi connectivity index (χ1) is 35.7. The summed E-state index contributed by atoms with van der Waals surface area (Å²) in [7, 11) is -2.99. The summed E-state index contributed by atoms with van der Waals surface area (Å²) in [4.78, 5) is 5.82. The van der Waals surface area contributed by atoms with Gasteiger partial charge in [-0.25, -0.2) is 4.98 Å². The maximum Gasteiger partial charge on any atom is 0.188 e. The molecule has 0 saturated heterocycles. The highest BCUT2D eigenvalue weighted by Crippen LogP contribution is 2.41. The lowest BCUT2D eigenvalue weighted by molar-refractivity contribution is 0.0522. The molecule has 350 valence electrons. The fourth-order valence-corrected chi connectivity index (χ4v) is 20.9. The van der Waals surface area contributed by atoms with Gasteiger partial charge >= 0.3 is 0 Å². The van der Waals surface area contributed by atoms with E-state index in [0.29, 0.717) is 0 Å². The average Bonchev–Trinajstić information content (AvgIpc) is 3.46. The molecule has 0 spiro atoms. The predicted molar refractivity (Wildman–Crippen MR) is 302 cm³/mol. The molecule has 0 aliphatic heterocycles. The number of fused-ring (bicyclic) bond motifs is 2. The van der Waals surface area contributed by atoms with Crippen LogP contribution in [0.4, 0.5) is 0 Å². The maximum absolute atomic E-state index is 7.09. The van der Waals surface area contributed by atoms with E-state index in [9.17, 15) is 0 Å². The van der Waals surface area contributed by atoms with Crippen LogP contribution in [0, 0.1) is 0 Å². The second-order valence-electron chi connectivity index (χ2n) is 17.9. The van der Waals surface area contributed by atoms with Gasteiger partial charge in [0.05, 0.1) is 22.5 Å². The first-order valence-electron chi connectivity index (χ1n) is 24.3. The number of pyridine rings is 1. The summed E-state index contributed by atoms with van der Waals surface area (Å²) < 4.78 is 25.8. The number of ether oxygens (including phenoxy) is 4. The predicted octanol–water partition coefficient (Wildman–Crippen LogP) is 9.44. The maximum atomic E-state index is 7.09. The van der Waals surface area contributed by atoms with Gasteiger partial charge in [0.1, 0.15) is 11.5 Å². The largest absolute Gasteiger partial charge is 0.467 e. The Morgan fingerprint density at radius 2 is 0.597 bits per heavy atom. The van der Waals surface area contributed by atoms with E-state index < -0.39 is 16.1 Å². The number of benzene rings is 10. The van der Waals surface area contributed by atoms with E-state index in [0.717, 1.165) is 65.9 Å². The van der Waals surface area contributed by atoms with Gasteiger partial charge in [-0.05, 0) is 75.2 Å². The third-order valence-electron chi connectivity index (χ3n) is 14.0. The highest BCUT2D eigenvalue weighted by molar-refractivity contribution is 7.21. The van der Waals surface area contributed by atoms with Crippen molar-refractivity contribution in [1.29, 1.82) is 0 Å². The Kier molecular flexibility index (Phi) is 13.3. The van der Waals surface area contributed by atoms with Crippen LogP contribution in [-0.4, -0.2) is 48.9 Å². The number of nitrogens with zero attached hydrogens (tertiary/aromatic N) is 1. The van der Waals surface area contributed by atoms with Crippen LogP contribution >= 0.6 is 0 Å². The monoisotopic (exact) mass is 967 g/mol. The minimum atomic E-state index is -3.18. The van der Waals surface area contributed by atoms with Crippen molar-refractivity contribution >= 4 is 79.2 Å². The molecule has 0 radical (unpaired) electrons. The molecule has 0 atom stereocenters.